The Bertz CT molecular complexity index is 1100. The Morgan fingerprint density at radius 2 is 1.91 bits per heavy atom. The molecule has 3 heterocycles. The van der Waals surface area contributed by atoms with E-state index in [0.717, 1.165) is 0 Å². The van der Waals surface area contributed by atoms with Crippen LogP contribution in [0.2, 0.25) is 0 Å². The molecule has 1 aliphatic carbocycles. The topological polar surface area (TPSA) is 97.0 Å². The minimum absolute atomic E-state index is 0.0827. The van der Waals surface area contributed by atoms with E-state index < -0.39 is 18.1 Å². The van der Waals surface area contributed by atoms with Crippen molar-refractivity contribution < 1.29 is 27.4 Å². The summed E-state index contributed by atoms with van der Waals surface area (Å²) in [7, 11) is 1.46. The van der Waals surface area contributed by atoms with Gasteiger partial charge in [-0.1, -0.05) is 0 Å². The normalized spacial score (nSPS) is 19.3. The molecule has 12 heteroatoms. The van der Waals surface area contributed by atoms with Crippen LogP contribution in [0, 0.1) is 11.8 Å². The van der Waals surface area contributed by atoms with Crippen LogP contribution >= 0.6 is 0 Å². The molecule has 3 aromatic heterocycles. The minimum Gasteiger partial charge on any atom is -0.479 e. The second-order valence-corrected chi connectivity index (χ2v) is 7.75. The predicted octanol–water partition coefficient (Wildman–Crippen LogP) is 3.57. The number of esters is 1. The Kier molecular flexibility index (Phi) is 6.02. The lowest BCUT2D eigenvalue weighted by Gasteiger charge is -2.29. The van der Waals surface area contributed by atoms with Crippen LogP contribution < -0.4 is 4.74 Å². The second kappa shape index (κ2) is 8.75. The van der Waals surface area contributed by atoms with Crippen LogP contribution in [-0.4, -0.2) is 55.4 Å². The van der Waals surface area contributed by atoms with Crippen molar-refractivity contribution in [2.45, 2.75) is 45.3 Å². The third kappa shape index (κ3) is 4.39. The van der Waals surface area contributed by atoms with Crippen molar-refractivity contribution in [2.75, 3.05) is 13.7 Å². The zero-order chi connectivity index (χ0) is 22.9. The Morgan fingerprint density at radius 3 is 2.56 bits per heavy atom. The second-order valence-electron chi connectivity index (χ2n) is 7.75. The van der Waals surface area contributed by atoms with Gasteiger partial charge in [-0.25, -0.2) is 14.5 Å². The molecule has 4 rings (SSSR count). The standard InChI is InChI=1S/C20H23F3N6O3/c1-3-32-18(30)13-8-24-29(11-13)19-26-15-9-25-28(16(15)17(27-19)31-2)10-12-4-6-14(7-5-12)20(21,22)23/h8-9,11-12,14H,3-7,10H2,1-2H3. The first-order chi connectivity index (χ1) is 15.3. The molecule has 1 fully saturated rings. The number of rotatable bonds is 6. The fraction of sp³-hybridized carbons (Fsp3) is 0.550. The van der Waals surface area contributed by atoms with E-state index >= 15 is 0 Å². The monoisotopic (exact) mass is 452 g/mol. The van der Waals surface area contributed by atoms with Gasteiger partial charge in [0.2, 0.25) is 5.88 Å². The van der Waals surface area contributed by atoms with E-state index in [0.29, 0.717) is 30.4 Å². The summed E-state index contributed by atoms with van der Waals surface area (Å²) >= 11 is 0. The van der Waals surface area contributed by atoms with E-state index in [1.807, 2.05) is 0 Å². The number of carbonyl (C=O) groups excluding carboxylic acids is 1. The van der Waals surface area contributed by atoms with Crippen molar-refractivity contribution in [1.82, 2.24) is 29.5 Å². The third-order valence-corrected chi connectivity index (χ3v) is 5.68. The molecule has 0 radical (unpaired) electrons. The van der Waals surface area contributed by atoms with Crippen LogP contribution in [0.3, 0.4) is 0 Å². The number of carbonyl (C=O) groups is 1. The average Bonchev–Trinajstić information content (AvgIpc) is 3.41. The third-order valence-electron chi connectivity index (χ3n) is 5.68. The SMILES string of the molecule is CCOC(=O)c1cnn(-c2nc(OC)c3c(cnn3CC3CCC(C(F)(F)F)CC3)n2)c1. The number of fused-ring (bicyclic) bond motifs is 1. The number of hydrogen-bond donors (Lipinski definition) is 0. The van der Waals surface area contributed by atoms with Crippen LogP contribution in [-0.2, 0) is 11.3 Å². The number of aromatic nitrogens is 6. The van der Waals surface area contributed by atoms with Gasteiger partial charge in [0.1, 0.15) is 11.0 Å². The maximum atomic E-state index is 12.9. The van der Waals surface area contributed by atoms with Gasteiger partial charge in [-0.2, -0.15) is 28.4 Å². The first-order valence-corrected chi connectivity index (χ1v) is 10.4. The van der Waals surface area contributed by atoms with Gasteiger partial charge in [-0.05, 0) is 38.5 Å². The largest absolute Gasteiger partial charge is 0.479 e. The van der Waals surface area contributed by atoms with Gasteiger partial charge < -0.3 is 9.47 Å². The summed E-state index contributed by atoms with van der Waals surface area (Å²) in [6, 6.07) is 0. The highest BCUT2D eigenvalue weighted by molar-refractivity contribution is 5.88. The summed E-state index contributed by atoms with van der Waals surface area (Å²) < 4.78 is 52.2. The summed E-state index contributed by atoms with van der Waals surface area (Å²) in [6.45, 7) is 2.42. The first kappa shape index (κ1) is 22.0. The molecule has 32 heavy (non-hydrogen) atoms. The van der Waals surface area contributed by atoms with E-state index in [4.69, 9.17) is 9.47 Å². The average molecular weight is 452 g/mol. The fourth-order valence-electron chi connectivity index (χ4n) is 4.01. The van der Waals surface area contributed by atoms with Gasteiger partial charge in [0.15, 0.2) is 0 Å². The fourth-order valence-corrected chi connectivity index (χ4v) is 4.01. The molecule has 0 atom stereocenters. The van der Waals surface area contributed by atoms with Gasteiger partial charge >= 0.3 is 12.1 Å². The Morgan fingerprint density at radius 1 is 1.16 bits per heavy atom. The van der Waals surface area contributed by atoms with Crippen molar-refractivity contribution in [2.24, 2.45) is 11.8 Å². The quantitative estimate of drug-likeness (QED) is 0.528. The zero-order valence-corrected chi connectivity index (χ0v) is 17.7. The molecule has 0 unspecified atom stereocenters. The molecule has 1 saturated carbocycles. The molecule has 0 aromatic carbocycles. The summed E-state index contributed by atoms with van der Waals surface area (Å²) in [5.74, 6) is -1.18. The molecule has 0 aliphatic heterocycles. The van der Waals surface area contributed by atoms with Crippen molar-refractivity contribution >= 4 is 17.0 Å². The first-order valence-electron chi connectivity index (χ1n) is 10.4. The molecule has 0 saturated heterocycles. The molecule has 1 aliphatic rings. The molecular formula is C20H23F3N6O3. The van der Waals surface area contributed by atoms with Gasteiger partial charge in [-0.15, -0.1) is 0 Å². The lowest BCUT2D eigenvalue weighted by atomic mass is 9.81. The van der Waals surface area contributed by atoms with Crippen LogP contribution in [0.1, 0.15) is 43.0 Å². The molecule has 3 aromatic rings. The number of halogens is 3. The van der Waals surface area contributed by atoms with E-state index in [1.165, 1.54) is 24.2 Å². The van der Waals surface area contributed by atoms with Crippen LogP contribution in [0.25, 0.3) is 17.0 Å². The van der Waals surface area contributed by atoms with Gasteiger partial charge in [-0.3, -0.25) is 4.68 Å². The molecular weight excluding hydrogens is 429 g/mol. The lowest BCUT2D eigenvalue weighted by Crippen LogP contribution is -2.29. The predicted molar refractivity (Wildman–Crippen MR) is 106 cm³/mol. The van der Waals surface area contributed by atoms with Crippen LogP contribution in [0.15, 0.2) is 18.6 Å². The van der Waals surface area contributed by atoms with Crippen molar-refractivity contribution in [1.29, 1.82) is 0 Å². The highest BCUT2D eigenvalue weighted by Gasteiger charge is 2.41. The highest BCUT2D eigenvalue weighted by atomic mass is 19.4. The lowest BCUT2D eigenvalue weighted by molar-refractivity contribution is -0.184. The van der Waals surface area contributed by atoms with Crippen molar-refractivity contribution in [3.05, 3.63) is 24.2 Å². The molecule has 0 bridgehead atoms. The zero-order valence-electron chi connectivity index (χ0n) is 17.7. The van der Waals surface area contributed by atoms with Crippen molar-refractivity contribution in [3.8, 4) is 11.8 Å². The molecule has 172 valence electrons. The van der Waals surface area contributed by atoms with E-state index in [9.17, 15) is 18.0 Å². The molecule has 0 amide bonds. The van der Waals surface area contributed by atoms with Crippen molar-refractivity contribution in [3.63, 3.8) is 0 Å². The number of hydrogen-bond acceptors (Lipinski definition) is 7. The van der Waals surface area contributed by atoms with Gasteiger partial charge in [0, 0.05) is 12.7 Å². The maximum Gasteiger partial charge on any atom is 0.391 e. The Hall–Kier alpha value is -3.18. The van der Waals surface area contributed by atoms with Gasteiger partial charge in [0.05, 0.1) is 37.6 Å². The smallest absolute Gasteiger partial charge is 0.391 e. The van der Waals surface area contributed by atoms with E-state index in [2.05, 4.69) is 20.2 Å². The van der Waals surface area contributed by atoms with E-state index in [1.54, 1.807) is 17.8 Å². The van der Waals surface area contributed by atoms with Crippen LogP contribution in [0.4, 0.5) is 13.2 Å². The number of ether oxygens (including phenoxy) is 2. The molecule has 9 nitrogen and oxygen atoms in total. The number of methoxy groups -OCH3 is 1. The Labute approximate surface area is 181 Å². The van der Waals surface area contributed by atoms with E-state index in [-0.39, 0.29) is 42.8 Å². The number of nitrogens with zero attached hydrogens (tertiary/aromatic N) is 6. The molecule has 0 N–H and O–H groups in total. The van der Waals surface area contributed by atoms with Crippen LogP contribution in [0.5, 0.6) is 5.88 Å². The summed E-state index contributed by atoms with van der Waals surface area (Å²) in [5, 5.41) is 8.48. The summed E-state index contributed by atoms with van der Waals surface area (Å²) in [6.07, 6.45) is 1.48. The maximum absolute atomic E-state index is 12.9. The number of alkyl halides is 3. The summed E-state index contributed by atoms with van der Waals surface area (Å²) in [4.78, 5) is 20.7. The highest BCUT2D eigenvalue weighted by Crippen LogP contribution is 2.40. The Balaban J connectivity index is 1.56. The summed E-state index contributed by atoms with van der Waals surface area (Å²) in [5.41, 5.74) is 1.33. The minimum atomic E-state index is -4.13. The van der Waals surface area contributed by atoms with Gasteiger partial charge in [0.25, 0.3) is 5.95 Å². The molecule has 0 spiro atoms.